The Morgan fingerprint density at radius 3 is 2.40 bits per heavy atom. The van der Waals surface area contributed by atoms with Crippen molar-refractivity contribution in [2.24, 2.45) is 11.8 Å². The number of hydrogen-bond acceptors (Lipinski definition) is 3. The molecular formula is C11H23NO2Si. The molecule has 1 aliphatic carbocycles. The van der Waals surface area contributed by atoms with Crippen molar-refractivity contribution in [1.29, 1.82) is 0 Å². The Bertz CT molecular complexity index is 237. The lowest BCUT2D eigenvalue weighted by atomic mass is 10.3. The second-order valence-corrected chi connectivity index (χ2v) is 11.0. The Labute approximate surface area is 93.6 Å². The van der Waals surface area contributed by atoms with Crippen LogP contribution in [0.2, 0.25) is 25.2 Å². The van der Waals surface area contributed by atoms with Crippen molar-refractivity contribution in [3.8, 4) is 0 Å². The third-order valence-corrected chi connectivity index (χ3v) is 6.39. The van der Waals surface area contributed by atoms with Crippen LogP contribution in [-0.4, -0.2) is 34.2 Å². The van der Waals surface area contributed by atoms with Crippen molar-refractivity contribution >= 4 is 14.0 Å². The van der Waals surface area contributed by atoms with Gasteiger partial charge in [0, 0.05) is 8.07 Å². The lowest BCUT2D eigenvalue weighted by molar-refractivity contribution is -0.139. The highest BCUT2D eigenvalue weighted by Crippen LogP contribution is 2.56. The fraction of sp³-hybridized carbons (Fsp3) is 0.909. The van der Waals surface area contributed by atoms with Crippen LogP contribution in [0, 0.1) is 11.8 Å². The summed E-state index contributed by atoms with van der Waals surface area (Å²) in [4.78, 5) is 10.9. The van der Waals surface area contributed by atoms with Crippen molar-refractivity contribution < 1.29 is 9.53 Å². The summed E-state index contributed by atoms with van der Waals surface area (Å²) >= 11 is 0. The summed E-state index contributed by atoms with van der Waals surface area (Å²) in [7, 11) is 0.434. The van der Waals surface area contributed by atoms with Crippen molar-refractivity contribution in [3.05, 3.63) is 0 Å². The normalized spacial score (nSPS) is 30.1. The molecule has 1 saturated carbocycles. The number of nitrogens with one attached hydrogen (secondary N) is 1. The summed E-state index contributed by atoms with van der Waals surface area (Å²) in [5, 5.41) is 3.18. The summed E-state index contributed by atoms with van der Waals surface area (Å²) in [6.07, 6.45) is 0. The number of esters is 1. The number of carbonyl (C=O) groups is 1. The highest BCUT2D eigenvalue weighted by atomic mass is 28.3. The number of rotatable bonds is 5. The van der Waals surface area contributed by atoms with Crippen LogP contribution < -0.4 is 5.32 Å². The van der Waals surface area contributed by atoms with Crippen molar-refractivity contribution in [2.45, 2.75) is 32.1 Å². The molecule has 3 nitrogen and oxygen atoms in total. The van der Waals surface area contributed by atoms with Gasteiger partial charge in [-0.25, -0.2) is 0 Å². The molecule has 0 aromatic carbocycles. The van der Waals surface area contributed by atoms with Crippen LogP contribution in [0.1, 0.15) is 6.92 Å². The van der Waals surface area contributed by atoms with Crippen LogP contribution in [0.3, 0.4) is 0 Å². The monoisotopic (exact) mass is 229 g/mol. The van der Waals surface area contributed by atoms with E-state index >= 15 is 0 Å². The van der Waals surface area contributed by atoms with E-state index in [-0.39, 0.29) is 5.97 Å². The molecule has 0 saturated heterocycles. The van der Waals surface area contributed by atoms with Gasteiger partial charge in [-0.2, -0.15) is 0 Å². The fourth-order valence-corrected chi connectivity index (χ4v) is 6.12. The second kappa shape index (κ2) is 4.66. The van der Waals surface area contributed by atoms with E-state index in [9.17, 15) is 4.79 Å². The van der Waals surface area contributed by atoms with Gasteiger partial charge >= 0.3 is 5.97 Å². The average Bonchev–Trinajstić information content (AvgIpc) is 2.76. The summed E-state index contributed by atoms with van der Waals surface area (Å²) in [6.45, 7) is 10.9. The van der Waals surface area contributed by atoms with Crippen LogP contribution >= 0.6 is 0 Å². The van der Waals surface area contributed by atoms with E-state index in [1.807, 2.05) is 0 Å². The van der Waals surface area contributed by atoms with E-state index in [0.29, 0.717) is 6.54 Å². The zero-order valence-electron chi connectivity index (χ0n) is 10.5. The van der Waals surface area contributed by atoms with Crippen LogP contribution in [-0.2, 0) is 9.53 Å². The largest absolute Gasteiger partial charge is 0.468 e. The maximum Gasteiger partial charge on any atom is 0.319 e. The highest BCUT2D eigenvalue weighted by molar-refractivity contribution is 6.78. The van der Waals surface area contributed by atoms with E-state index < -0.39 is 8.07 Å². The minimum atomic E-state index is -0.991. The van der Waals surface area contributed by atoms with Gasteiger partial charge in [0.25, 0.3) is 0 Å². The van der Waals surface area contributed by atoms with Crippen LogP contribution in [0.4, 0.5) is 0 Å². The van der Waals surface area contributed by atoms with Crippen molar-refractivity contribution in [3.63, 3.8) is 0 Å². The minimum absolute atomic E-state index is 0.173. The topological polar surface area (TPSA) is 38.3 Å². The van der Waals surface area contributed by atoms with Gasteiger partial charge in [0.2, 0.25) is 0 Å². The van der Waals surface area contributed by atoms with E-state index in [2.05, 4.69) is 36.6 Å². The van der Waals surface area contributed by atoms with E-state index in [1.54, 1.807) is 0 Å². The molecule has 0 bridgehead atoms. The predicted octanol–water partition coefficient (Wildman–Crippen LogP) is 1.72. The standard InChI is InChI=1S/C11H23NO2Si/c1-8-9(11(8)15(3,4)5)6-12-7-10(13)14-2/h8-9,11-12H,6-7H2,1-5H3. The first-order chi connectivity index (χ1) is 6.88. The summed E-state index contributed by atoms with van der Waals surface area (Å²) in [5.41, 5.74) is 0.919. The molecule has 1 rings (SSSR count). The number of hydrogen-bond donors (Lipinski definition) is 1. The summed E-state index contributed by atoms with van der Waals surface area (Å²) < 4.78 is 4.58. The van der Waals surface area contributed by atoms with Gasteiger partial charge in [0.1, 0.15) is 0 Å². The third-order valence-electron chi connectivity index (χ3n) is 3.44. The Morgan fingerprint density at radius 1 is 1.40 bits per heavy atom. The molecule has 1 N–H and O–H groups in total. The lowest BCUT2D eigenvalue weighted by Crippen LogP contribution is -2.28. The van der Waals surface area contributed by atoms with Gasteiger partial charge in [-0.1, -0.05) is 26.6 Å². The average molecular weight is 229 g/mol. The molecule has 15 heavy (non-hydrogen) atoms. The molecule has 1 fully saturated rings. The maximum absolute atomic E-state index is 10.9. The molecule has 0 aromatic rings. The maximum atomic E-state index is 10.9. The van der Waals surface area contributed by atoms with E-state index in [0.717, 1.165) is 23.9 Å². The SMILES string of the molecule is COC(=O)CNCC1C(C)C1[Si](C)(C)C. The molecule has 3 atom stereocenters. The van der Waals surface area contributed by atoms with Crippen molar-refractivity contribution in [1.82, 2.24) is 5.32 Å². The predicted molar refractivity (Wildman–Crippen MR) is 64.6 cm³/mol. The second-order valence-electron chi connectivity index (χ2n) is 5.62. The van der Waals surface area contributed by atoms with Gasteiger partial charge in [0.15, 0.2) is 0 Å². The van der Waals surface area contributed by atoms with Gasteiger partial charge < -0.3 is 10.1 Å². The van der Waals surface area contributed by atoms with Gasteiger partial charge in [-0.05, 0) is 23.9 Å². The number of ether oxygens (including phenoxy) is 1. The quantitative estimate of drug-likeness (QED) is 0.576. The third kappa shape index (κ3) is 3.31. The molecule has 0 amide bonds. The molecule has 0 aliphatic heterocycles. The van der Waals surface area contributed by atoms with E-state index in [4.69, 9.17) is 0 Å². The van der Waals surface area contributed by atoms with Crippen LogP contribution in [0.15, 0.2) is 0 Å². The Hall–Kier alpha value is -0.353. The summed E-state index contributed by atoms with van der Waals surface area (Å²) in [5.74, 6) is 1.44. The summed E-state index contributed by atoms with van der Waals surface area (Å²) in [6, 6.07) is 0. The first-order valence-corrected chi connectivity index (χ1v) is 9.23. The molecule has 4 heteroatoms. The molecule has 1 aliphatic rings. The first-order valence-electron chi connectivity index (χ1n) is 5.65. The Balaban J connectivity index is 2.23. The first kappa shape index (κ1) is 12.7. The smallest absolute Gasteiger partial charge is 0.319 e. The zero-order chi connectivity index (χ0) is 11.6. The van der Waals surface area contributed by atoms with Crippen molar-refractivity contribution in [2.75, 3.05) is 20.2 Å². The Kier molecular flexibility index (Phi) is 3.95. The molecular weight excluding hydrogens is 206 g/mol. The molecule has 88 valence electrons. The van der Waals surface area contributed by atoms with Gasteiger partial charge in [-0.15, -0.1) is 0 Å². The Morgan fingerprint density at radius 2 is 2.00 bits per heavy atom. The van der Waals surface area contributed by atoms with Crippen LogP contribution in [0.25, 0.3) is 0 Å². The fourth-order valence-electron chi connectivity index (χ4n) is 2.70. The molecule has 3 unspecified atom stereocenters. The van der Waals surface area contributed by atoms with Crippen LogP contribution in [0.5, 0.6) is 0 Å². The highest BCUT2D eigenvalue weighted by Gasteiger charge is 2.52. The molecule has 0 radical (unpaired) electrons. The van der Waals surface area contributed by atoms with E-state index in [1.165, 1.54) is 7.11 Å². The lowest BCUT2D eigenvalue weighted by Gasteiger charge is -2.15. The van der Waals surface area contributed by atoms with Gasteiger partial charge in [0.05, 0.1) is 13.7 Å². The molecule has 0 heterocycles. The number of methoxy groups -OCH3 is 1. The minimum Gasteiger partial charge on any atom is -0.468 e. The van der Waals surface area contributed by atoms with Gasteiger partial charge in [-0.3, -0.25) is 4.79 Å². The zero-order valence-corrected chi connectivity index (χ0v) is 11.5. The molecule has 0 aromatic heterocycles. The number of carbonyl (C=O) groups excluding carboxylic acids is 1. The molecule has 0 spiro atoms.